The molecule has 0 unspecified atom stereocenters. The van der Waals surface area contributed by atoms with Crippen molar-refractivity contribution in [2.45, 2.75) is 30.3 Å². The van der Waals surface area contributed by atoms with E-state index in [4.69, 9.17) is 0 Å². The van der Waals surface area contributed by atoms with E-state index in [1.54, 1.807) is 0 Å². The second kappa shape index (κ2) is 4.91. The first-order valence-electron chi connectivity index (χ1n) is 6.25. The molecule has 2 rings (SSSR count). The van der Waals surface area contributed by atoms with E-state index in [9.17, 15) is 4.21 Å². The van der Waals surface area contributed by atoms with E-state index >= 15 is 0 Å². The zero-order valence-corrected chi connectivity index (χ0v) is 11.7. The normalized spacial score (nSPS) is 34.8. The standard InChI is InChI=1S/C14H21NOS/c1-4-14(13-8-6-5-7-9-13)11-15(3)10-12(2)17(14)16/h5-9,12H,4,10-11H2,1-3H3/t12-,14+,17+/m1/s1. The van der Waals surface area contributed by atoms with Crippen molar-refractivity contribution >= 4 is 10.8 Å². The van der Waals surface area contributed by atoms with Crippen molar-refractivity contribution in [1.29, 1.82) is 0 Å². The summed E-state index contributed by atoms with van der Waals surface area (Å²) < 4.78 is 12.5. The molecule has 1 aromatic carbocycles. The summed E-state index contributed by atoms with van der Waals surface area (Å²) in [7, 11) is 1.33. The Bertz CT molecular complexity index is 406. The lowest BCUT2D eigenvalue weighted by atomic mass is 9.94. The number of hydrogen-bond acceptors (Lipinski definition) is 2. The highest BCUT2D eigenvalue weighted by Crippen LogP contribution is 2.37. The van der Waals surface area contributed by atoms with Crippen LogP contribution < -0.4 is 0 Å². The maximum absolute atomic E-state index is 12.7. The largest absolute Gasteiger partial charge is 0.303 e. The van der Waals surface area contributed by atoms with E-state index in [0.29, 0.717) is 0 Å². The lowest BCUT2D eigenvalue weighted by Crippen LogP contribution is -2.53. The van der Waals surface area contributed by atoms with E-state index in [1.165, 1.54) is 5.56 Å². The van der Waals surface area contributed by atoms with Gasteiger partial charge in [0, 0.05) is 29.1 Å². The van der Waals surface area contributed by atoms with Gasteiger partial charge in [-0.15, -0.1) is 0 Å². The van der Waals surface area contributed by atoms with Crippen LogP contribution >= 0.6 is 0 Å². The minimum atomic E-state index is -0.795. The Morgan fingerprint density at radius 2 is 2.06 bits per heavy atom. The molecule has 1 fully saturated rings. The van der Waals surface area contributed by atoms with Crippen molar-refractivity contribution < 1.29 is 4.21 Å². The summed E-state index contributed by atoms with van der Waals surface area (Å²) >= 11 is 0. The zero-order valence-electron chi connectivity index (χ0n) is 10.8. The molecule has 0 radical (unpaired) electrons. The minimum absolute atomic E-state index is 0.187. The van der Waals surface area contributed by atoms with Crippen molar-refractivity contribution in [1.82, 2.24) is 4.90 Å². The lowest BCUT2D eigenvalue weighted by molar-refractivity contribution is 0.270. The van der Waals surface area contributed by atoms with Crippen LogP contribution in [0.4, 0.5) is 0 Å². The lowest BCUT2D eigenvalue weighted by Gasteiger charge is -2.43. The number of hydrogen-bond donors (Lipinski definition) is 0. The van der Waals surface area contributed by atoms with Gasteiger partial charge >= 0.3 is 0 Å². The Kier molecular flexibility index (Phi) is 3.69. The molecule has 0 spiro atoms. The van der Waals surface area contributed by atoms with Crippen LogP contribution in [0.15, 0.2) is 30.3 Å². The van der Waals surface area contributed by atoms with E-state index in [-0.39, 0.29) is 10.00 Å². The summed E-state index contributed by atoms with van der Waals surface area (Å²) in [4.78, 5) is 2.31. The van der Waals surface area contributed by atoms with E-state index in [2.05, 4.69) is 37.9 Å². The fourth-order valence-corrected chi connectivity index (χ4v) is 5.02. The SMILES string of the molecule is CC[C@@]1(c2ccccc2)CN(C)C[C@@H](C)[S@@]1=O. The Balaban J connectivity index is 2.45. The van der Waals surface area contributed by atoms with Crippen LogP contribution in [-0.2, 0) is 15.5 Å². The van der Waals surface area contributed by atoms with Gasteiger partial charge in [-0.25, -0.2) is 0 Å². The zero-order chi connectivity index (χ0) is 12.5. The first-order valence-corrected chi connectivity index (χ1v) is 7.46. The maximum Gasteiger partial charge on any atom is 0.0834 e. The third-order valence-corrected chi connectivity index (χ3v) is 6.02. The molecule has 2 nitrogen and oxygen atoms in total. The molecule has 0 bridgehead atoms. The predicted octanol–water partition coefficient (Wildman–Crippen LogP) is 2.37. The topological polar surface area (TPSA) is 20.3 Å². The molecule has 1 heterocycles. The Morgan fingerprint density at radius 3 is 2.65 bits per heavy atom. The smallest absolute Gasteiger partial charge is 0.0834 e. The summed E-state index contributed by atoms with van der Waals surface area (Å²) in [6.45, 7) is 6.07. The second-order valence-electron chi connectivity index (χ2n) is 5.02. The first-order chi connectivity index (χ1) is 8.10. The summed E-state index contributed by atoms with van der Waals surface area (Å²) in [6, 6.07) is 10.3. The van der Waals surface area contributed by atoms with Crippen molar-refractivity contribution in [2.24, 2.45) is 0 Å². The first kappa shape index (κ1) is 12.8. The molecule has 0 saturated carbocycles. The number of rotatable bonds is 2. The molecule has 3 heteroatoms. The quantitative estimate of drug-likeness (QED) is 0.804. The molecular weight excluding hydrogens is 230 g/mol. The van der Waals surface area contributed by atoms with Crippen molar-refractivity contribution in [3.05, 3.63) is 35.9 Å². The Labute approximate surface area is 106 Å². The molecule has 1 aliphatic heterocycles. The van der Waals surface area contributed by atoms with Crippen LogP contribution in [0.1, 0.15) is 25.8 Å². The van der Waals surface area contributed by atoms with E-state index in [1.807, 2.05) is 18.2 Å². The van der Waals surface area contributed by atoms with E-state index in [0.717, 1.165) is 19.5 Å². The van der Waals surface area contributed by atoms with Gasteiger partial charge in [0.05, 0.1) is 4.75 Å². The highest BCUT2D eigenvalue weighted by atomic mass is 32.2. The molecule has 17 heavy (non-hydrogen) atoms. The number of likely N-dealkylation sites (N-methyl/N-ethyl adjacent to an activating group) is 1. The van der Waals surface area contributed by atoms with Gasteiger partial charge in [-0.1, -0.05) is 37.3 Å². The molecule has 0 aromatic heterocycles. The van der Waals surface area contributed by atoms with Crippen LogP contribution in [-0.4, -0.2) is 34.5 Å². The van der Waals surface area contributed by atoms with Gasteiger partial charge in [-0.3, -0.25) is 4.21 Å². The van der Waals surface area contributed by atoms with Gasteiger partial charge in [0.2, 0.25) is 0 Å². The van der Waals surface area contributed by atoms with Gasteiger partial charge in [0.15, 0.2) is 0 Å². The summed E-state index contributed by atoms with van der Waals surface area (Å²) in [5.41, 5.74) is 1.22. The molecular formula is C14H21NOS. The van der Waals surface area contributed by atoms with Crippen molar-refractivity contribution in [3.63, 3.8) is 0 Å². The van der Waals surface area contributed by atoms with Crippen molar-refractivity contribution in [3.8, 4) is 0 Å². The Hall–Kier alpha value is -0.670. The average Bonchev–Trinajstić information content (AvgIpc) is 2.35. The minimum Gasteiger partial charge on any atom is -0.303 e. The van der Waals surface area contributed by atoms with Gasteiger partial charge in [-0.05, 0) is 26.0 Å². The molecule has 1 aliphatic rings. The third-order valence-electron chi connectivity index (χ3n) is 3.72. The fraction of sp³-hybridized carbons (Fsp3) is 0.571. The molecule has 0 aliphatic carbocycles. The highest BCUT2D eigenvalue weighted by Gasteiger charge is 2.43. The predicted molar refractivity (Wildman–Crippen MR) is 73.5 cm³/mol. The molecule has 1 aromatic rings. The molecule has 1 saturated heterocycles. The molecule has 94 valence electrons. The average molecular weight is 251 g/mol. The molecule has 0 amide bonds. The number of benzene rings is 1. The van der Waals surface area contributed by atoms with Crippen molar-refractivity contribution in [2.75, 3.05) is 20.1 Å². The third kappa shape index (κ3) is 2.18. The Morgan fingerprint density at radius 1 is 1.41 bits per heavy atom. The summed E-state index contributed by atoms with van der Waals surface area (Å²) in [6.07, 6.45) is 0.929. The van der Waals surface area contributed by atoms with Crippen LogP contribution in [0.2, 0.25) is 0 Å². The highest BCUT2D eigenvalue weighted by molar-refractivity contribution is 7.86. The van der Waals surface area contributed by atoms with Gasteiger partial charge < -0.3 is 4.90 Å². The van der Waals surface area contributed by atoms with Crippen LogP contribution in [0.3, 0.4) is 0 Å². The fourth-order valence-electron chi connectivity index (χ4n) is 2.86. The maximum atomic E-state index is 12.7. The van der Waals surface area contributed by atoms with Crippen LogP contribution in [0, 0.1) is 0 Å². The summed E-state index contributed by atoms with van der Waals surface area (Å²) in [5.74, 6) is 0. The number of nitrogens with zero attached hydrogens (tertiary/aromatic N) is 1. The summed E-state index contributed by atoms with van der Waals surface area (Å²) in [5, 5.41) is 0.244. The van der Waals surface area contributed by atoms with Crippen LogP contribution in [0.5, 0.6) is 0 Å². The van der Waals surface area contributed by atoms with Crippen LogP contribution in [0.25, 0.3) is 0 Å². The second-order valence-corrected chi connectivity index (χ2v) is 7.20. The van der Waals surface area contributed by atoms with Gasteiger partial charge in [-0.2, -0.15) is 0 Å². The van der Waals surface area contributed by atoms with E-state index < -0.39 is 10.8 Å². The molecule has 3 atom stereocenters. The molecule has 0 N–H and O–H groups in total. The van der Waals surface area contributed by atoms with Gasteiger partial charge in [0.1, 0.15) is 0 Å². The monoisotopic (exact) mass is 251 g/mol. The van der Waals surface area contributed by atoms with Gasteiger partial charge in [0.25, 0.3) is 0 Å².